The number of hydrogen-bond donors (Lipinski definition) is 5. The molecule has 4 atom stereocenters. The van der Waals surface area contributed by atoms with Gasteiger partial charge in [-0.1, -0.05) is 54.2 Å². The molecule has 1 aliphatic heterocycles. The normalized spacial score (nSPS) is 21.6. The van der Waals surface area contributed by atoms with Crippen LogP contribution in [-0.4, -0.2) is 59.8 Å². The van der Waals surface area contributed by atoms with Crippen LogP contribution >= 0.6 is 11.8 Å². The van der Waals surface area contributed by atoms with Crippen molar-refractivity contribution in [2.45, 2.75) is 35.4 Å². The Balaban J connectivity index is 1.46. The highest BCUT2D eigenvalue weighted by atomic mass is 32.2. The summed E-state index contributed by atoms with van der Waals surface area (Å²) in [4.78, 5) is 23.4. The first-order chi connectivity index (χ1) is 17.4. The van der Waals surface area contributed by atoms with Crippen molar-refractivity contribution in [3.05, 3.63) is 70.0 Å². The number of imidazole rings is 1. The highest BCUT2D eigenvalue weighted by Crippen LogP contribution is 2.36. The number of aliphatic hydroxyl groups is 3. The average Bonchev–Trinajstić information content (AvgIpc) is 3.39. The van der Waals surface area contributed by atoms with Gasteiger partial charge in [0.2, 0.25) is 5.95 Å². The van der Waals surface area contributed by atoms with Crippen molar-refractivity contribution in [1.29, 1.82) is 5.26 Å². The van der Waals surface area contributed by atoms with Crippen molar-refractivity contribution in [2.75, 3.05) is 12.3 Å². The molecule has 2 aromatic carbocycles. The maximum absolute atomic E-state index is 12.5. The summed E-state index contributed by atoms with van der Waals surface area (Å²) in [6.45, 7) is -0.499. The first-order valence-electron chi connectivity index (χ1n) is 11.0. The van der Waals surface area contributed by atoms with Gasteiger partial charge in [0.1, 0.15) is 18.3 Å². The topological polar surface area (TPSA) is 183 Å². The number of ether oxygens (including phenoxy) is 1. The number of aliphatic hydroxyl groups excluding tert-OH is 3. The van der Waals surface area contributed by atoms with Crippen molar-refractivity contribution < 1.29 is 20.1 Å². The lowest BCUT2D eigenvalue weighted by Gasteiger charge is -2.19. The van der Waals surface area contributed by atoms with Crippen molar-refractivity contribution in [2.24, 2.45) is 0 Å². The first kappa shape index (κ1) is 24.0. The van der Waals surface area contributed by atoms with Crippen LogP contribution in [0.3, 0.4) is 0 Å². The Kier molecular flexibility index (Phi) is 6.48. The third-order valence-electron chi connectivity index (χ3n) is 5.99. The average molecular weight is 507 g/mol. The number of nitrogens with two attached hydrogens (primary N) is 1. The van der Waals surface area contributed by atoms with Crippen molar-refractivity contribution in [3.8, 4) is 17.2 Å². The molecule has 0 saturated carbocycles. The molecular weight excluding hydrogens is 484 g/mol. The Bertz CT molecular complexity index is 1510. The highest BCUT2D eigenvalue weighted by Gasteiger charge is 2.45. The van der Waals surface area contributed by atoms with Crippen molar-refractivity contribution >= 4 is 28.9 Å². The second-order valence-electron chi connectivity index (χ2n) is 8.26. The predicted octanol–water partition coefficient (Wildman–Crippen LogP) is 1.14. The molecule has 0 bridgehead atoms. The number of aromatic nitrogens is 4. The van der Waals surface area contributed by atoms with E-state index in [-0.39, 0.29) is 17.1 Å². The second-order valence-corrected chi connectivity index (χ2v) is 9.20. The summed E-state index contributed by atoms with van der Waals surface area (Å²) in [6.07, 6.45) is -4.87. The number of H-pyrrole nitrogens is 1. The molecule has 1 aliphatic rings. The molecule has 0 aliphatic carbocycles. The number of nitrogen functional groups attached to an aromatic ring is 1. The van der Waals surface area contributed by atoms with Crippen molar-refractivity contribution in [1.82, 2.24) is 19.5 Å². The molecule has 36 heavy (non-hydrogen) atoms. The zero-order valence-electron chi connectivity index (χ0n) is 18.8. The van der Waals surface area contributed by atoms with Crippen LogP contribution in [0, 0.1) is 11.3 Å². The molecular formula is C24H22N6O5S. The lowest BCUT2D eigenvalue weighted by atomic mass is 10.00. The summed E-state index contributed by atoms with van der Waals surface area (Å²) in [7, 11) is 0. The van der Waals surface area contributed by atoms with Crippen LogP contribution in [-0.2, 0) is 10.5 Å². The zero-order chi connectivity index (χ0) is 25.4. The maximum Gasteiger partial charge on any atom is 0.280 e. The fourth-order valence-corrected chi connectivity index (χ4v) is 5.14. The molecule has 0 unspecified atom stereocenters. The molecule has 5 rings (SSSR count). The first-order valence-corrected chi connectivity index (χ1v) is 12.0. The second kappa shape index (κ2) is 9.73. The number of fused-ring (bicyclic) bond motifs is 1. The number of hydrogen-bond acceptors (Lipinski definition) is 10. The van der Waals surface area contributed by atoms with E-state index in [9.17, 15) is 25.4 Å². The minimum Gasteiger partial charge on any atom is -0.394 e. The quantitative estimate of drug-likeness (QED) is 0.238. The fourth-order valence-electron chi connectivity index (χ4n) is 4.17. The van der Waals surface area contributed by atoms with E-state index in [0.717, 1.165) is 16.7 Å². The number of benzene rings is 2. The Morgan fingerprint density at radius 3 is 2.58 bits per heavy atom. The van der Waals surface area contributed by atoms with Gasteiger partial charge in [-0.3, -0.25) is 14.3 Å². The van der Waals surface area contributed by atoms with Gasteiger partial charge >= 0.3 is 0 Å². The van der Waals surface area contributed by atoms with E-state index in [0.29, 0.717) is 16.5 Å². The Labute approximate surface area is 208 Å². The fraction of sp³-hybridized carbons (Fsp3) is 0.250. The van der Waals surface area contributed by atoms with Crippen LogP contribution in [0.25, 0.3) is 22.3 Å². The maximum atomic E-state index is 12.5. The van der Waals surface area contributed by atoms with E-state index < -0.39 is 36.7 Å². The van der Waals surface area contributed by atoms with Gasteiger partial charge < -0.3 is 25.8 Å². The molecule has 0 radical (unpaired) electrons. The molecule has 6 N–H and O–H groups in total. The summed E-state index contributed by atoms with van der Waals surface area (Å²) in [5, 5.41) is 40.0. The van der Waals surface area contributed by atoms with E-state index in [1.54, 1.807) is 6.07 Å². The number of aromatic amines is 1. The Morgan fingerprint density at radius 2 is 1.89 bits per heavy atom. The number of thioether (sulfide) groups is 1. The smallest absolute Gasteiger partial charge is 0.280 e. The van der Waals surface area contributed by atoms with Crippen LogP contribution in [0.1, 0.15) is 17.4 Å². The number of nitriles is 1. The summed E-state index contributed by atoms with van der Waals surface area (Å²) in [5.74, 6) is 0.316. The van der Waals surface area contributed by atoms with Gasteiger partial charge in [0, 0.05) is 5.75 Å². The minimum atomic E-state index is -1.39. The van der Waals surface area contributed by atoms with Gasteiger partial charge in [0.15, 0.2) is 22.5 Å². The monoisotopic (exact) mass is 506 g/mol. The number of nitrogens with one attached hydrogen (secondary N) is 1. The third-order valence-corrected chi connectivity index (χ3v) is 7.01. The van der Waals surface area contributed by atoms with Gasteiger partial charge in [-0.25, -0.2) is 4.98 Å². The van der Waals surface area contributed by atoms with Gasteiger partial charge in [-0.05, 0) is 22.8 Å². The number of nitrogens with zero attached hydrogens (tertiary/aromatic N) is 4. The molecule has 2 aromatic heterocycles. The van der Waals surface area contributed by atoms with Crippen LogP contribution in [0.5, 0.6) is 0 Å². The van der Waals surface area contributed by atoms with E-state index in [1.807, 2.05) is 42.5 Å². The predicted molar refractivity (Wildman–Crippen MR) is 132 cm³/mol. The molecule has 0 amide bonds. The van der Waals surface area contributed by atoms with Crippen molar-refractivity contribution in [3.63, 3.8) is 0 Å². The van der Waals surface area contributed by atoms with Crippen LogP contribution in [0.15, 0.2) is 58.5 Å². The van der Waals surface area contributed by atoms with Gasteiger partial charge in [-0.2, -0.15) is 10.2 Å². The van der Waals surface area contributed by atoms with E-state index >= 15 is 0 Å². The van der Waals surface area contributed by atoms with Crippen LogP contribution in [0.2, 0.25) is 0 Å². The molecule has 0 spiro atoms. The Morgan fingerprint density at radius 1 is 1.14 bits per heavy atom. The van der Waals surface area contributed by atoms with Crippen LogP contribution in [0.4, 0.5) is 5.95 Å². The Hall–Kier alpha value is -3.73. The van der Waals surface area contributed by atoms with E-state index in [4.69, 9.17) is 10.5 Å². The van der Waals surface area contributed by atoms with E-state index in [2.05, 4.69) is 21.0 Å². The summed E-state index contributed by atoms with van der Waals surface area (Å²) in [5.41, 5.74) is 8.57. The zero-order valence-corrected chi connectivity index (χ0v) is 19.6. The lowest BCUT2D eigenvalue weighted by molar-refractivity contribution is -0.0548. The summed E-state index contributed by atoms with van der Waals surface area (Å²) >= 11 is 1.28. The van der Waals surface area contributed by atoms with Gasteiger partial charge in [-0.15, -0.1) is 0 Å². The van der Waals surface area contributed by atoms with Gasteiger partial charge in [0.05, 0.1) is 18.2 Å². The lowest BCUT2D eigenvalue weighted by Crippen LogP contribution is -2.33. The molecule has 3 heterocycles. The molecule has 12 heteroatoms. The van der Waals surface area contributed by atoms with Gasteiger partial charge in [0.25, 0.3) is 5.56 Å². The molecule has 1 saturated heterocycles. The number of anilines is 1. The van der Waals surface area contributed by atoms with Crippen LogP contribution < -0.4 is 11.3 Å². The molecule has 184 valence electrons. The number of rotatable bonds is 6. The summed E-state index contributed by atoms with van der Waals surface area (Å²) < 4.78 is 7.11. The molecule has 1 fully saturated rings. The van der Waals surface area contributed by atoms with E-state index in [1.165, 1.54) is 16.3 Å². The largest absolute Gasteiger partial charge is 0.394 e. The highest BCUT2D eigenvalue weighted by molar-refractivity contribution is 7.98. The molecule has 4 aromatic rings. The molecule has 11 nitrogen and oxygen atoms in total. The third kappa shape index (κ3) is 4.23. The SMILES string of the molecule is N#Cc1ccccc1-c1ccc(CSc2nc3c(=O)[nH]c(N)nc3n2[C@@H]2O[C@H](CO)[C@@H](O)[C@H]2O)cc1. The minimum absolute atomic E-state index is 0.00731. The summed E-state index contributed by atoms with van der Waals surface area (Å²) in [6, 6.07) is 17.3. The standard InChI is InChI=1S/C24H22N6O5S/c25-9-14-3-1-2-4-15(14)13-7-5-12(6-8-13)11-36-24-27-17-20(28-23(26)29-21(17)34)30(24)22-19(33)18(32)16(10-31)35-22/h1-8,16,18-19,22,31-33H,10-11H2,(H3,26,28,29,34)/t16-,18-,19-,22-/m1/s1.